The Labute approximate surface area is 109 Å². The van der Waals surface area contributed by atoms with Crippen LogP contribution in [0.4, 0.5) is 0 Å². The molecule has 0 rings (SSSR count). The predicted octanol–water partition coefficient (Wildman–Crippen LogP) is 2.87. The lowest BCUT2D eigenvalue weighted by Gasteiger charge is -2.27. The summed E-state index contributed by atoms with van der Waals surface area (Å²) in [6, 6.07) is 0. The smallest absolute Gasteiger partial charge is 0.323 e. The first kappa shape index (κ1) is 16.7. The van der Waals surface area contributed by atoms with E-state index in [4.69, 9.17) is 9.47 Å². The molecular weight excluding hydrogens is 232 g/mol. The molecule has 0 aromatic carbocycles. The third-order valence-corrected chi connectivity index (χ3v) is 2.78. The highest BCUT2D eigenvalue weighted by Crippen LogP contribution is 2.33. The van der Waals surface area contributed by atoms with Gasteiger partial charge in [0.1, 0.15) is 0 Å². The molecule has 0 saturated carbocycles. The summed E-state index contributed by atoms with van der Waals surface area (Å²) >= 11 is 0. The number of carbonyl (C=O) groups is 2. The van der Waals surface area contributed by atoms with E-state index in [1.165, 1.54) is 0 Å². The van der Waals surface area contributed by atoms with Crippen molar-refractivity contribution in [2.75, 3.05) is 13.2 Å². The van der Waals surface area contributed by atoms with Crippen molar-refractivity contribution in [3.8, 4) is 0 Å². The molecule has 0 amide bonds. The van der Waals surface area contributed by atoms with Gasteiger partial charge >= 0.3 is 11.9 Å². The Morgan fingerprint density at radius 1 is 1.11 bits per heavy atom. The van der Waals surface area contributed by atoms with Gasteiger partial charge in [-0.3, -0.25) is 9.59 Å². The molecule has 0 aromatic heterocycles. The van der Waals surface area contributed by atoms with Crippen LogP contribution in [0.3, 0.4) is 0 Å². The number of allylic oxidation sites excluding steroid dienone is 1. The summed E-state index contributed by atoms with van der Waals surface area (Å²) in [6.45, 7) is 9.59. The summed E-state index contributed by atoms with van der Waals surface area (Å²) in [4.78, 5) is 24.2. The monoisotopic (exact) mass is 256 g/mol. The summed E-state index contributed by atoms with van der Waals surface area (Å²) in [5.74, 6) is -1.01. The number of hydrogen-bond donors (Lipinski definition) is 0. The molecule has 0 unspecified atom stereocenters. The molecule has 104 valence electrons. The highest BCUT2D eigenvalue weighted by molar-refractivity contribution is 6.00. The highest BCUT2D eigenvalue weighted by atomic mass is 16.6. The second kappa shape index (κ2) is 8.72. The Kier molecular flexibility index (Phi) is 8.08. The molecule has 0 bridgehead atoms. The minimum atomic E-state index is -1.22. The largest absolute Gasteiger partial charge is 0.465 e. The first-order valence-electron chi connectivity index (χ1n) is 6.54. The molecular formula is C14H24O4. The lowest BCUT2D eigenvalue weighted by Crippen LogP contribution is -2.41. The number of esters is 2. The Hall–Kier alpha value is -1.32. The van der Waals surface area contributed by atoms with Gasteiger partial charge in [-0.2, -0.15) is 0 Å². The third-order valence-electron chi connectivity index (χ3n) is 2.78. The Morgan fingerprint density at radius 2 is 1.61 bits per heavy atom. The van der Waals surface area contributed by atoms with E-state index in [1.54, 1.807) is 19.9 Å². The first-order valence-corrected chi connectivity index (χ1v) is 6.54. The van der Waals surface area contributed by atoms with Gasteiger partial charge in [0.15, 0.2) is 5.41 Å². The fourth-order valence-electron chi connectivity index (χ4n) is 1.82. The minimum Gasteiger partial charge on any atom is -0.465 e. The summed E-state index contributed by atoms with van der Waals surface area (Å²) in [5.41, 5.74) is -1.22. The lowest BCUT2D eigenvalue weighted by atomic mass is 9.79. The predicted molar refractivity (Wildman–Crippen MR) is 70.0 cm³/mol. The molecule has 0 aliphatic carbocycles. The topological polar surface area (TPSA) is 52.6 Å². The van der Waals surface area contributed by atoms with Crippen molar-refractivity contribution in [1.29, 1.82) is 0 Å². The zero-order valence-corrected chi connectivity index (χ0v) is 11.7. The molecule has 4 heteroatoms. The van der Waals surface area contributed by atoms with E-state index < -0.39 is 17.4 Å². The minimum absolute atomic E-state index is 0.253. The van der Waals surface area contributed by atoms with Gasteiger partial charge in [-0.05, 0) is 26.7 Å². The highest BCUT2D eigenvalue weighted by Gasteiger charge is 2.47. The molecule has 0 heterocycles. The second-order valence-corrected chi connectivity index (χ2v) is 4.12. The maximum absolute atomic E-state index is 12.1. The van der Waals surface area contributed by atoms with Crippen LogP contribution >= 0.6 is 0 Å². The van der Waals surface area contributed by atoms with Crippen LogP contribution < -0.4 is 0 Å². The molecule has 0 spiro atoms. The Morgan fingerprint density at radius 3 is 1.94 bits per heavy atom. The van der Waals surface area contributed by atoms with Gasteiger partial charge in [0.25, 0.3) is 0 Å². The van der Waals surface area contributed by atoms with Crippen molar-refractivity contribution in [1.82, 2.24) is 0 Å². The number of hydrogen-bond acceptors (Lipinski definition) is 4. The average molecular weight is 256 g/mol. The van der Waals surface area contributed by atoms with Crippen LogP contribution in [0.25, 0.3) is 0 Å². The normalized spacial score (nSPS) is 10.8. The molecule has 0 atom stereocenters. The first-order chi connectivity index (χ1) is 8.58. The van der Waals surface area contributed by atoms with Crippen LogP contribution in [0.5, 0.6) is 0 Å². The second-order valence-electron chi connectivity index (χ2n) is 4.12. The SMILES string of the molecule is C=CCC(CCCC)(C(=O)OCC)C(=O)OCC. The summed E-state index contributed by atoms with van der Waals surface area (Å²) in [5, 5.41) is 0. The van der Waals surface area contributed by atoms with Gasteiger partial charge in [0, 0.05) is 0 Å². The van der Waals surface area contributed by atoms with Crippen molar-refractivity contribution in [2.24, 2.45) is 5.41 Å². The van der Waals surface area contributed by atoms with Crippen molar-refractivity contribution in [3.05, 3.63) is 12.7 Å². The van der Waals surface area contributed by atoms with E-state index in [9.17, 15) is 9.59 Å². The molecule has 0 fully saturated rings. The number of unbranched alkanes of at least 4 members (excludes halogenated alkanes) is 1. The number of ether oxygens (including phenoxy) is 2. The summed E-state index contributed by atoms with van der Waals surface area (Å²) in [7, 11) is 0. The molecule has 4 nitrogen and oxygen atoms in total. The fourth-order valence-corrected chi connectivity index (χ4v) is 1.82. The van der Waals surface area contributed by atoms with E-state index in [1.807, 2.05) is 6.92 Å². The molecule has 0 aromatic rings. The summed E-state index contributed by atoms with van der Waals surface area (Å²) < 4.78 is 10.1. The third kappa shape index (κ3) is 4.17. The van der Waals surface area contributed by atoms with Crippen LogP contribution in [-0.4, -0.2) is 25.2 Å². The standard InChI is InChI=1S/C14H24O4/c1-5-9-11-14(10-6-2,12(15)17-7-3)13(16)18-8-4/h6H,2,5,7-11H2,1,3-4H3. The quantitative estimate of drug-likeness (QED) is 0.361. The van der Waals surface area contributed by atoms with Crippen LogP contribution in [0, 0.1) is 5.41 Å². The molecule has 18 heavy (non-hydrogen) atoms. The van der Waals surface area contributed by atoms with Gasteiger partial charge in [-0.15, -0.1) is 6.58 Å². The Bertz CT molecular complexity index is 266. The Balaban J connectivity index is 5.18. The maximum atomic E-state index is 12.1. The van der Waals surface area contributed by atoms with Crippen LogP contribution in [0.1, 0.15) is 46.5 Å². The molecule has 0 aliphatic rings. The van der Waals surface area contributed by atoms with E-state index in [0.29, 0.717) is 6.42 Å². The maximum Gasteiger partial charge on any atom is 0.323 e. The van der Waals surface area contributed by atoms with Crippen molar-refractivity contribution >= 4 is 11.9 Å². The van der Waals surface area contributed by atoms with E-state index in [0.717, 1.165) is 12.8 Å². The van der Waals surface area contributed by atoms with Gasteiger partial charge in [-0.25, -0.2) is 0 Å². The van der Waals surface area contributed by atoms with Crippen LogP contribution in [0.15, 0.2) is 12.7 Å². The van der Waals surface area contributed by atoms with Gasteiger partial charge in [0.2, 0.25) is 0 Å². The van der Waals surface area contributed by atoms with E-state index >= 15 is 0 Å². The number of carbonyl (C=O) groups excluding carboxylic acids is 2. The van der Waals surface area contributed by atoms with Crippen LogP contribution in [0.2, 0.25) is 0 Å². The fraction of sp³-hybridized carbons (Fsp3) is 0.714. The zero-order valence-electron chi connectivity index (χ0n) is 11.7. The molecule has 0 radical (unpaired) electrons. The summed E-state index contributed by atoms with van der Waals surface area (Å²) in [6.07, 6.45) is 3.94. The van der Waals surface area contributed by atoms with Gasteiger partial charge < -0.3 is 9.47 Å². The average Bonchev–Trinajstić information content (AvgIpc) is 2.35. The number of rotatable bonds is 9. The molecule has 0 N–H and O–H groups in total. The lowest BCUT2D eigenvalue weighted by molar-refractivity contribution is -0.172. The van der Waals surface area contributed by atoms with Crippen molar-refractivity contribution in [2.45, 2.75) is 46.5 Å². The van der Waals surface area contributed by atoms with Gasteiger partial charge in [-0.1, -0.05) is 25.8 Å². The van der Waals surface area contributed by atoms with Crippen molar-refractivity contribution < 1.29 is 19.1 Å². The van der Waals surface area contributed by atoms with Crippen molar-refractivity contribution in [3.63, 3.8) is 0 Å². The van der Waals surface area contributed by atoms with E-state index in [-0.39, 0.29) is 19.6 Å². The molecule has 0 saturated heterocycles. The zero-order chi connectivity index (χ0) is 14.0. The van der Waals surface area contributed by atoms with Crippen LogP contribution in [-0.2, 0) is 19.1 Å². The molecule has 0 aliphatic heterocycles. The van der Waals surface area contributed by atoms with Gasteiger partial charge in [0.05, 0.1) is 13.2 Å². The van der Waals surface area contributed by atoms with E-state index in [2.05, 4.69) is 6.58 Å².